The molecule has 4 atom stereocenters. The second-order valence-corrected chi connectivity index (χ2v) is 4.41. The number of ketones is 1. The van der Waals surface area contributed by atoms with Gasteiger partial charge in [0.15, 0.2) is 0 Å². The van der Waals surface area contributed by atoms with Gasteiger partial charge in [-0.1, -0.05) is 0 Å². The molecule has 0 radical (unpaired) electrons. The molecule has 13 heavy (non-hydrogen) atoms. The van der Waals surface area contributed by atoms with Gasteiger partial charge in [0.25, 0.3) is 0 Å². The molecule has 0 N–H and O–H groups in total. The summed E-state index contributed by atoms with van der Waals surface area (Å²) in [7, 11) is 0. The van der Waals surface area contributed by atoms with Crippen molar-refractivity contribution in [3.05, 3.63) is 0 Å². The van der Waals surface area contributed by atoms with E-state index in [1.807, 2.05) is 0 Å². The molecule has 2 aliphatic carbocycles. The summed E-state index contributed by atoms with van der Waals surface area (Å²) in [6.07, 6.45) is 3.26. The summed E-state index contributed by atoms with van der Waals surface area (Å²) in [5.74, 6) is 1.87. The van der Waals surface area contributed by atoms with E-state index in [4.69, 9.17) is 0 Å². The average molecular weight is 195 g/mol. The Balaban J connectivity index is 2.06. The molecule has 0 spiro atoms. The first kappa shape index (κ1) is 9.04. The zero-order valence-electron chi connectivity index (χ0n) is 7.69. The Morgan fingerprint density at radius 3 is 2.62 bits per heavy atom. The molecule has 3 unspecified atom stereocenters. The predicted molar refractivity (Wildman–Crippen MR) is 53.8 cm³/mol. The molecule has 3 heteroatoms. The van der Waals surface area contributed by atoms with Crippen molar-refractivity contribution >= 4 is 23.2 Å². The van der Waals surface area contributed by atoms with Gasteiger partial charge < -0.3 is 0 Å². The Labute approximate surface area is 83.4 Å². The van der Waals surface area contributed by atoms with E-state index in [2.05, 4.69) is 22.4 Å². The molecular weight excluding hydrogens is 182 g/mol. The maximum absolute atomic E-state index is 11.2. The number of fused-ring (bicyclic) bond motifs is 2. The number of nitrogens with zero attached hydrogens (tertiary/aromatic N) is 1. The van der Waals surface area contributed by atoms with Gasteiger partial charge in [-0.15, -0.1) is 0 Å². The molecule has 0 aromatic rings. The molecule has 2 rings (SSSR count). The van der Waals surface area contributed by atoms with Crippen LogP contribution in [0.3, 0.4) is 0 Å². The average Bonchev–Trinajstić information content (AvgIpc) is 2.62. The number of carbonyl (C=O) groups is 1. The first-order valence-electron chi connectivity index (χ1n) is 4.79. The van der Waals surface area contributed by atoms with Crippen LogP contribution >= 0.6 is 12.2 Å². The second-order valence-electron chi connectivity index (χ2n) is 4.23. The van der Waals surface area contributed by atoms with Gasteiger partial charge in [-0.3, -0.25) is 4.79 Å². The number of hydrogen-bond acceptors (Lipinski definition) is 3. The third kappa shape index (κ3) is 1.47. The molecular formula is C10H13NOS. The van der Waals surface area contributed by atoms with Crippen molar-refractivity contribution in [1.82, 2.24) is 0 Å². The molecule has 0 aromatic heterocycles. The largest absolute Gasteiger partial charge is 0.300 e. The maximum atomic E-state index is 11.2. The molecule has 2 aliphatic rings. The third-order valence-electron chi connectivity index (χ3n) is 3.56. The highest BCUT2D eigenvalue weighted by Crippen LogP contribution is 2.49. The number of thiocarbonyl (C=S) groups is 1. The van der Waals surface area contributed by atoms with Crippen molar-refractivity contribution in [1.29, 1.82) is 0 Å². The van der Waals surface area contributed by atoms with E-state index >= 15 is 0 Å². The Kier molecular flexibility index (Phi) is 2.31. The fourth-order valence-corrected chi connectivity index (χ4v) is 3.10. The molecule has 2 nitrogen and oxygen atoms in total. The Morgan fingerprint density at radius 2 is 2.15 bits per heavy atom. The molecule has 0 saturated heterocycles. The van der Waals surface area contributed by atoms with Crippen LogP contribution < -0.4 is 0 Å². The Hall–Kier alpha value is -0.530. The second kappa shape index (κ2) is 3.32. The molecule has 70 valence electrons. The standard InChI is InChI=1S/C10H13NOS/c1-6(12)9-3-8-2-7(9)4-10(8)11-5-13/h7-10H,2-4H2,1H3/t7?,8?,9-,10?/m1/s1. The summed E-state index contributed by atoms with van der Waals surface area (Å²) in [6, 6.07) is 0.373. The minimum atomic E-state index is 0.321. The van der Waals surface area contributed by atoms with Crippen molar-refractivity contribution in [2.24, 2.45) is 22.7 Å². The molecule has 0 aromatic carbocycles. The minimum Gasteiger partial charge on any atom is -0.300 e. The van der Waals surface area contributed by atoms with E-state index < -0.39 is 0 Å². The van der Waals surface area contributed by atoms with E-state index in [1.165, 1.54) is 6.42 Å². The highest BCUT2D eigenvalue weighted by Gasteiger charge is 2.47. The first-order chi connectivity index (χ1) is 6.22. The van der Waals surface area contributed by atoms with Gasteiger partial charge in [0.05, 0.1) is 11.2 Å². The summed E-state index contributed by atoms with van der Waals surface area (Å²) >= 11 is 4.60. The van der Waals surface area contributed by atoms with Crippen LogP contribution in [0.25, 0.3) is 0 Å². The van der Waals surface area contributed by atoms with Crippen molar-refractivity contribution in [2.45, 2.75) is 32.2 Å². The van der Waals surface area contributed by atoms with Crippen LogP contribution in [0.5, 0.6) is 0 Å². The summed E-state index contributed by atoms with van der Waals surface area (Å²) in [4.78, 5) is 15.4. The number of Topliss-reactive ketones (excluding diaryl/α,β-unsaturated/α-hetero) is 1. The number of carbonyl (C=O) groups excluding carboxylic acids is 1. The topological polar surface area (TPSA) is 29.4 Å². The van der Waals surface area contributed by atoms with Crippen LogP contribution in [0.4, 0.5) is 0 Å². The van der Waals surface area contributed by atoms with Crippen molar-refractivity contribution in [3.63, 3.8) is 0 Å². The number of isothiocyanates is 1. The van der Waals surface area contributed by atoms with Crippen LogP contribution in [0.1, 0.15) is 26.2 Å². The lowest BCUT2D eigenvalue weighted by Gasteiger charge is -2.22. The quantitative estimate of drug-likeness (QED) is 0.499. The van der Waals surface area contributed by atoms with E-state index in [0.29, 0.717) is 29.6 Å². The number of rotatable bonds is 2. The predicted octanol–water partition coefficient (Wildman–Crippen LogP) is 2.09. The van der Waals surface area contributed by atoms with Gasteiger partial charge >= 0.3 is 0 Å². The van der Waals surface area contributed by atoms with Crippen molar-refractivity contribution in [3.8, 4) is 0 Å². The number of aliphatic imine (C=N–C) groups is 1. The smallest absolute Gasteiger partial charge is 0.133 e. The summed E-state index contributed by atoms with van der Waals surface area (Å²) in [5, 5.41) is 2.46. The van der Waals surface area contributed by atoms with Gasteiger partial charge in [-0.25, -0.2) is 4.99 Å². The van der Waals surface area contributed by atoms with Crippen LogP contribution in [-0.2, 0) is 4.79 Å². The van der Waals surface area contributed by atoms with E-state index in [9.17, 15) is 4.79 Å². The van der Waals surface area contributed by atoms with Crippen molar-refractivity contribution < 1.29 is 4.79 Å². The van der Waals surface area contributed by atoms with Crippen LogP contribution in [0, 0.1) is 17.8 Å². The molecule has 2 fully saturated rings. The number of hydrogen-bond donors (Lipinski definition) is 0. The van der Waals surface area contributed by atoms with Gasteiger partial charge in [-0.05, 0) is 50.2 Å². The molecule has 0 heterocycles. The molecule has 2 bridgehead atoms. The van der Waals surface area contributed by atoms with E-state index in [-0.39, 0.29) is 0 Å². The highest BCUT2D eigenvalue weighted by atomic mass is 32.1. The third-order valence-corrected chi connectivity index (χ3v) is 3.67. The van der Waals surface area contributed by atoms with Crippen LogP contribution in [-0.4, -0.2) is 17.0 Å². The lowest BCUT2D eigenvalue weighted by atomic mass is 9.84. The minimum absolute atomic E-state index is 0.321. The Morgan fingerprint density at radius 1 is 1.38 bits per heavy atom. The SMILES string of the molecule is CC(=O)[C@H]1CC2CC1CC2N=C=S. The van der Waals surface area contributed by atoms with E-state index in [0.717, 1.165) is 12.8 Å². The van der Waals surface area contributed by atoms with Gasteiger partial charge in [0.2, 0.25) is 0 Å². The zero-order chi connectivity index (χ0) is 9.42. The van der Waals surface area contributed by atoms with Gasteiger partial charge in [0.1, 0.15) is 5.78 Å². The maximum Gasteiger partial charge on any atom is 0.133 e. The molecule has 0 aliphatic heterocycles. The van der Waals surface area contributed by atoms with Crippen molar-refractivity contribution in [2.75, 3.05) is 0 Å². The fourth-order valence-electron chi connectivity index (χ4n) is 2.97. The van der Waals surface area contributed by atoms with Crippen LogP contribution in [0.15, 0.2) is 4.99 Å². The summed E-state index contributed by atoms with van der Waals surface area (Å²) in [5.41, 5.74) is 0. The highest BCUT2D eigenvalue weighted by molar-refractivity contribution is 7.78. The molecule has 2 saturated carbocycles. The molecule has 0 amide bonds. The summed E-state index contributed by atoms with van der Waals surface area (Å²) < 4.78 is 0. The lowest BCUT2D eigenvalue weighted by Crippen LogP contribution is -2.24. The van der Waals surface area contributed by atoms with Gasteiger partial charge in [0, 0.05) is 5.92 Å². The fraction of sp³-hybridized carbons (Fsp3) is 0.800. The normalized spacial score (nSPS) is 41.6. The van der Waals surface area contributed by atoms with Gasteiger partial charge in [-0.2, -0.15) is 0 Å². The lowest BCUT2D eigenvalue weighted by molar-refractivity contribution is -0.122. The monoisotopic (exact) mass is 195 g/mol. The Bertz CT molecular complexity index is 269. The van der Waals surface area contributed by atoms with Crippen LogP contribution in [0.2, 0.25) is 0 Å². The summed E-state index contributed by atoms with van der Waals surface area (Å²) in [6.45, 7) is 1.71. The van der Waals surface area contributed by atoms with E-state index in [1.54, 1.807) is 6.92 Å². The zero-order valence-corrected chi connectivity index (χ0v) is 8.51. The first-order valence-corrected chi connectivity index (χ1v) is 5.20.